The number of anilines is 2. The fourth-order valence-corrected chi connectivity index (χ4v) is 5.51. The van der Waals surface area contributed by atoms with Gasteiger partial charge in [0.15, 0.2) is 11.6 Å². The zero-order valence-electron chi connectivity index (χ0n) is 31.3. The van der Waals surface area contributed by atoms with E-state index in [9.17, 15) is 85.0 Å². The van der Waals surface area contributed by atoms with E-state index in [0.29, 0.717) is 24.3 Å². The van der Waals surface area contributed by atoms with E-state index in [2.05, 4.69) is 4.74 Å². The van der Waals surface area contributed by atoms with Crippen LogP contribution >= 0.6 is 34.8 Å². The molecule has 10 nitrogen and oxygen atoms in total. The Balaban J connectivity index is 0.000000289. The van der Waals surface area contributed by atoms with Crippen LogP contribution in [0.4, 0.5) is 86.8 Å². The minimum Gasteiger partial charge on any atom is -0.456 e. The van der Waals surface area contributed by atoms with Crippen molar-refractivity contribution in [3.05, 3.63) is 146 Å². The number of carbonyl (C=O) groups excluding carboxylic acids is 4. The number of amides is 6. The Kier molecular flexibility index (Phi) is 16.3. The molecule has 0 saturated heterocycles. The smallest absolute Gasteiger partial charge is 0.439 e. The molecule has 0 aliphatic rings. The molecule has 5 aromatic carbocycles. The maximum atomic E-state index is 14.3. The molecule has 6 amide bonds. The van der Waals surface area contributed by atoms with E-state index in [0.717, 1.165) is 54.6 Å². The van der Waals surface area contributed by atoms with Crippen LogP contribution in [0.25, 0.3) is 0 Å². The number of hydrogen-bond donors (Lipinski definition) is 4. The molecule has 0 saturated carbocycles. The van der Waals surface area contributed by atoms with E-state index in [1.807, 2.05) is 5.32 Å². The van der Waals surface area contributed by atoms with Gasteiger partial charge in [0.1, 0.15) is 56.7 Å². The third-order valence-electron chi connectivity index (χ3n) is 7.69. The van der Waals surface area contributed by atoms with Gasteiger partial charge in [-0.05, 0) is 60.7 Å². The number of halogens is 18. The van der Waals surface area contributed by atoms with Gasteiger partial charge < -0.3 is 20.1 Å². The second kappa shape index (κ2) is 20.7. The normalized spacial score (nSPS) is 12.0. The summed E-state index contributed by atoms with van der Waals surface area (Å²) in [5.74, 6) is -12.8. The molecule has 0 aliphatic heterocycles. The summed E-state index contributed by atoms with van der Waals surface area (Å²) in [6.45, 7) is 0. The minimum atomic E-state index is -6.05. The molecule has 0 fully saturated rings. The van der Waals surface area contributed by atoms with Crippen molar-refractivity contribution in [3.63, 3.8) is 0 Å². The average Bonchev–Trinajstić information content (AvgIpc) is 3.19. The van der Waals surface area contributed by atoms with Gasteiger partial charge in [-0.3, -0.25) is 20.2 Å². The SMILES string of the molecule is O=C(NC(=O)c1c(F)cccc1F)Nc1cc(Cl)c(OC(F)(F)C(F)C(F)(F)F)c(Cl)c1F.O=C(NC(=O)c1c(F)cccc1F)Nc1ccc(Oc2ccc(C(F)(F)F)cc2Cl)cc1F. The summed E-state index contributed by atoms with van der Waals surface area (Å²) in [5, 5.41) is 3.72. The monoisotopic (exact) mass is 1020 g/mol. The molecule has 1 unspecified atom stereocenters. The molecule has 0 aliphatic carbocycles. The number of hydrogen-bond acceptors (Lipinski definition) is 6. The maximum Gasteiger partial charge on any atom is 0.439 e. The number of carbonyl (C=O) groups is 4. The number of benzene rings is 5. The number of imide groups is 2. The van der Waals surface area contributed by atoms with Crippen LogP contribution < -0.4 is 30.7 Å². The molecule has 0 bridgehead atoms. The van der Waals surface area contributed by atoms with Crippen LogP contribution in [0.3, 0.4) is 0 Å². The van der Waals surface area contributed by atoms with E-state index < -0.39 is 127 Å². The summed E-state index contributed by atoms with van der Waals surface area (Å²) in [4.78, 5) is 47.5. The Morgan fingerprint density at radius 3 is 1.50 bits per heavy atom. The molecule has 4 N–H and O–H groups in total. The van der Waals surface area contributed by atoms with E-state index >= 15 is 0 Å². The first-order valence-electron chi connectivity index (χ1n) is 16.9. The highest BCUT2D eigenvalue weighted by atomic mass is 35.5. The summed E-state index contributed by atoms with van der Waals surface area (Å²) in [7, 11) is 0. The maximum absolute atomic E-state index is 14.3. The van der Waals surface area contributed by atoms with Crippen molar-refractivity contribution in [2.75, 3.05) is 10.6 Å². The second-order valence-corrected chi connectivity index (χ2v) is 13.5. The van der Waals surface area contributed by atoms with Crippen molar-refractivity contribution >= 4 is 70.1 Å². The van der Waals surface area contributed by atoms with Crippen molar-refractivity contribution in [2.24, 2.45) is 0 Å². The zero-order chi connectivity index (χ0) is 49.6. The second-order valence-electron chi connectivity index (χ2n) is 12.3. The predicted molar refractivity (Wildman–Crippen MR) is 202 cm³/mol. The summed E-state index contributed by atoms with van der Waals surface area (Å²) in [6, 6.07) is 7.73. The Labute approximate surface area is 372 Å². The standard InChI is InChI=1S/C21H11ClF6N2O3.C17H7Cl2F9N2O3/c22-12-8-10(21(26,27)28)4-7-17(12)33-11-5-6-16(15(25)9-11)29-20(32)30-19(31)18-13(23)2-1-3-14(18)24;18-5-4-8(29-15(32)30-13(31)9-6(20)2-1-3-7(9)21)11(22)10(19)12(5)33-17(27,28)14(23)16(24,25)26/h1-9H,(H2,29,30,31,32);1-4,14H,(H2,29,30,31,32). The van der Waals surface area contributed by atoms with Gasteiger partial charge in [-0.25, -0.2) is 40.3 Å². The van der Waals surface area contributed by atoms with Gasteiger partial charge in [0.05, 0.1) is 27.0 Å². The van der Waals surface area contributed by atoms with Crippen LogP contribution in [0, 0.1) is 34.9 Å². The molecule has 5 rings (SSSR count). The van der Waals surface area contributed by atoms with Crippen molar-refractivity contribution in [1.82, 2.24) is 10.6 Å². The summed E-state index contributed by atoms with van der Waals surface area (Å²) < 4.78 is 206. The number of ether oxygens (including phenoxy) is 2. The summed E-state index contributed by atoms with van der Waals surface area (Å²) in [5.41, 5.74) is -4.61. The van der Waals surface area contributed by atoms with Crippen LogP contribution in [0.15, 0.2) is 78.9 Å². The van der Waals surface area contributed by atoms with Crippen molar-refractivity contribution in [3.8, 4) is 17.2 Å². The molecule has 0 radical (unpaired) electrons. The average molecular weight is 1020 g/mol. The number of nitrogens with one attached hydrogen (secondary N) is 4. The Morgan fingerprint density at radius 1 is 0.576 bits per heavy atom. The Morgan fingerprint density at radius 2 is 1.06 bits per heavy atom. The Bertz CT molecular complexity index is 2650. The first-order valence-corrected chi connectivity index (χ1v) is 18.1. The topological polar surface area (TPSA) is 135 Å². The van der Waals surface area contributed by atoms with Crippen LogP contribution in [0.2, 0.25) is 15.1 Å². The van der Waals surface area contributed by atoms with Gasteiger partial charge in [-0.2, -0.15) is 35.1 Å². The first kappa shape index (κ1) is 52.0. The van der Waals surface area contributed by atoms with Crippen LogP contribution in [0.1, 0.15) is 26.3 Å². The predicted octanol–water partition coefficient (Wildman–Crippen LogP) is 12.8. The van der Waals surface area contributed by atoms with Crippen molar-refractivity contribution < 1.29 is 94.5 Å². The van der Waals surface area contributed by atoms with Crippen LogP contribution in [0.5, 0.6) is 17.2 Å². The molecular weight excluding hydrogens is 1000 g/mol. The highest BCUT2D eigenvalue weighted by Gasteiger charge is 2.59. The van der Waals surface area contributed by atoms with Gasteiger partial charge in [0.2, 0.25) is 0 Å². The molecule has 66 heavy (non-hydrogen) atoms. The number of rotatable bonds is 9. The fourth-order valence-electron chi connectivity index (χ4n) is 4.76. The van der Waals surface area contributed by atoms with E-state index in [4.69, 9.17) is 39.5 Å². The lowest BCUT2D eigenvalue weighted by molar-refractivity contribution is -0.304. The highest BCUT2D eigenvalue weighted by Crippen LogP contribution is 2.44. The molecule has 1 atom stereocenters. The van der Waals surface area contributed by atoms with Crippen LogP contribution in [-0.2, 0) is 6.18 Å². The van der Waals surface area contributed by atoms with Gasteiger partial charge in [-0.1, -0.05) is 46.9 Å². The lowest BCUT2D eigenvalue weighted by Crippen LogP contribution is -2.45. The first-order chi connectivity index (χ1) is 30.5. The number of alkyl halides is 9. The number of urea groups is 2. The fraction of sp³-hybridized carbons (Fsp3) is 0.105. The largest absolute Gasteiger partial charge is 0.456 e. The van der Waals surface area contributed by atoms with E-state index in [1.165, 1.54) is 5.32 Å². The van der Waals surface area contributed by atoms with Crippen molar-refractivity contribution in [1.29, 1.82) is 0 Å². The summed E-state index contributed by atoms with van der Waals surface area (Å²) in [6.07, 6.45) is -21.1. The molecule has 0 aromatic heterocycles. The van der Waals surface area contributed by atoms with Gasteiger partial charge >= 0.3 is 30.5 Å². The van der Waals surface area contributed by atoms with Gasteiger partial charge in [-0.15, -0.1) is 0 Å². The molecule has 0 heterocycles. The third kappa shape index (κ3) is 13.0. The molecule has 28 heteroatoms. The third-order valence-corrected chi connectivity index (χ3v) is 8.61. The van der Waals surface area contributed by atoms with Crippen molar-refractivity contribution in [2.45, 2.75) is 24.6 Å². The van der Waals surface area contributed by atoms with E-state index in [-0.39, 0.29) is 16.5 Å². The lowest BCUT2D eigenvalue weighted by atomic mass is 10.2. The minimum absolute atomic E-state index is 0.162. The molecule has 0 spiro atoms. The van der Waals surface area contributed by atoms with Gasteiger partial charge in [0.25, 0.3) is 18.0 Å². The van der Waals surface area contributed by atoms with Gasteiger partial charge in [0, 0.05) is 6.07 Å². The van der Waals surface area contributed by atoms with Crippen LogP contribution in [-0.4, -0.2) is 42.3 Å². The molecule has 5 aromatic rings. The molecular formula is C38H18Cl3F15N4O6. The summed E-state index contributed by atoms with van der Waals surface area (Å²) >= 11 is 16.7. The quantitative estimate of drug-likeness (QED) is 0.0858. The molecule has 352 valence electrons. The Hall–Kier alpha value is -6.60. The lowest BCUT2D eigenvalue weighted by Gasteiger charge is -2.24. The van der Waals surface area contributed by atoms with E-state index in [1.54, 1.807) is 10.6 Å². The zero-order valence-corrected chi connectivity index (χ0v) is 33.6. The highest BCUT2D eigenvalue weighted by molar-refractivity contribution is 6.38.